The summed E-state index contributed by atoms with van der Waals surface area (Å²) in [4.78, 5) is 28.1. The highest BCUT2D eigenvalue weighted by molar-refractivity contribution is 5.80. The number of rotatable bonds is 5. The van der Waals surface area contributed by atoms with E-state index in [1.807, 2.05) is 0 Å². The molecule has 10 heteroatoms. The number of halogens is 3. The van der Waals surface area contributed by atoms with Gasteiger partial charge in [-0.3, -0.25) is 9.59 Å². The normalized spacial score (nSPS) is 14.7. The van der Waals surface area contributed by atoms with Crippen LogP contribution in [0.15, 0.2) is 28.8 Å². The van der Waals surface area contributed by atoms with Crippen LogP contribution in [-0.2, 0) is 22.2 Å². The summed E-state index contributed by atoms with van der Waals surface area (Å²) in [6, 6.07) is 4.18. The van der Waals surface area contributed by atoms with Crippen molar-refractivity contribution >= 4 is 11.8 Å². The van der Waals surface area contributed by atoms with Crippen LogP contribution >= 0.6 is 0 Å². The molecule has 2 amide bonds. The van der Waals surface area contributed by atoms with Gasteiger partial charge in [0, 0.05) is 31.7 Å². The Morgan fingerprint density at radius 1 is 1.03 bits per heavy atom. The Kier molecular flexibility index (Phi) is 6.33. The monoisotopic (exact) mass is 425 g/mol. The number of alkyl halides is 3. The molecule has 0 N–H and O–H groups in total. The Balaban J connectivity index is 1.45. The summed E-state index contributed by atoms with van der Waals surface area (Å²) in [5.41, 5.74) is 0.692. The standard InChI is InChI=1S/C20H22F3N3O4/c1-13-17(14(2)30-24-13)11-18(27)25-7-9-26(10-8-25)19(28)12-29-16-5-3-15(4-6-16)20(21,22)23/h3-6H,7-12H2,1-2H3. The summed E-state index contributed by atoms with van der Waals surface area (Å²) < 4.78 is 48.1. The van der Waals surface area contributed by atoms with Gasteiger partial charge in [0.25, 0.3) is 5.91 Å². The predicted molar refractivity (Wildman–Crippen MR) is 99.8 cm³/mol. The molecule has 3 rings (SSSR count). The summed E-state index contributed by atoms with van der Waals surface area (Å²) >= 11 is 0. The zero-order valence-electron chi connectivity index (χ0n) is 16.7. The first-order valence-corrected chi connectivity index (χ1v) is 9.42. The lowest BCUT2D eigenvalue weighted by molar-refractivity contribution is -0.140. The summed E-state index contributed by atoms with van der Waals surface area (Å²) in [6.45, 7) is 4.79. The molecule has 1 fully saturated rings. The van der Waals surface area contributed by atoms with Crippen molar-refractivity contribution in [3.05, 3.63) is 46.8 Å². The van der Waals surface area contributed by atoms with Crippen LogP contribution in [-0.4, -0.2) is 59.6 Å². The third-order valence-corrected chi connectivity index (χ3v) is 5.04. The number of amides is 2. The zero-order chi connectivity index (χ0) is 21.9. The number of nitrogens with zero attached hydrogens (tertiary/aromatic N) is 3. The second-order valence-corrected chi connectivity index (χ2v) is 7.05. The van der Waals surface area contributed by atoms with E-state index in [-0.39, 0.29) is 30.6 Å². The van der Waals surface area contributed by atoms with Gasteiger partial charge in [0.05, 0.1) is 17.7 Å². The lowest BCUT2D eigenvalue weighted by Crippen LogP contribution is -2.52. The van der Waals surface area contributed by atoms with Crippen LogP contribution < -0.4 is 4.74 Å². The number of aryl methyl sites for hydroxylation is 2. The fraction of sp³-hybridized carbons (Fsp3) is 0.450. The number of hydrogen-bond donors (Lipinski definition) is 0. The Morgan fingerprint density at radius 2 is 1.60 bits per heavy atom. The molecule has 0 spiro atoms. The first-order valence-electron chi connectivity index (χ1n) is 9.42. The molecular formula is C20H22F3N3O4. The summed E-state index contributed by atoms with van der Waals surface area (Å²) in [5, 5.41) is 3.84. The summed E-state index contributed by atoms with van der Waals surface area (Å²) in [5.74, 6) is 0.463. The van der Waals surface area contributed by atoms with Gasteiger partial charge in [0.1, 0.15) is 11.5 Å². The molecular weight excluding hydrogens is 403 g/mol. The zero-order valence-corrected chi connectivity index (χ0v) is 16.7. The maximum Gasteiger partial charge on any atom is 0.416 e. The van der Waals surface area contributed by atoms with Gasteiger partial charge in [-0.05, 0) is 38.1 Å². The van der Waals surface area contributed by atoms with Crippen molar-refractivity contribution in [2.75, 3.05) is 32.8 Å². The van der Waals surface area contributed by atoms with Crippen molar-refractivity contribution in [3.8, 4) is 5.75 Å². The van der Waals surface area contributed by atoms with Crippen LogP contribution in [0.25, 0.3) is 0 Å². The largest absolute Gasteiger partial charge is 0.484 e. The molecule has 30 heavy (non-hydrogen) atoms. The van der Waals surface area contributed by atoms with E-state index >= 15 is 0 Å². The molecule has 0 atom stereocenters. The maximum absolute atomic E-state index is 12.6. The highest BCUT2D eigenvalue weighted by atomic mass is 19.4. The van der Waals surface area contributed by atoms with Gasteiger partial charge in [-0.15, -0.1) is 0 Å². The number of carbonyl (C=O) groups is 2. The third kappa shape index (κ3) is 5.11. The number of benzene rings is 1. The van der Waals surface area contributed by atoms with Gasteiger partial charge in [-0.1, -0.05) is 5.16 Å². The van der Waals surface area contributed by atoms with Crippen LogP contribution in [0.3, 0.4) is 0 Å². The Bertz CT molecular complexity index is 882. The summed E-state index contributed by atoms with van der Waals surface area (Å²) in [6.07, 6.45) is -4.22. The van der Waals surface area contributed by atoms with E-state index in [0.29, 0.717) is 37.6 Å². The van der Waals surface area contributed by atoms with Crippen LogP contribution in [0.5, 0.6) is 5.75 Å². The Hall–Kier alpha value is -3.04. The van der Waals surface area contributed by atoms with E-state index in [2.05, 4.69) is 5.16 Å². The van der Waals surface area contributed by atoms with Crippen molar-refractivity contribution in [2.45, 2.75) is 26.4 Å². The molecule has 0 aliphatic carbocycles. The molecule has 0 bridgehead atoms. The minimum Gasteiger partial charge on any atom is -0.484 e. The van der Waals surface area contributed by atoms with Gasteiger partial charge in [0.15, 0.2) is 6.61 Å². The highest BCUT2D eigenvalue weighted by Crippen LogP contribution is 2.30. The SMILES string of the molecule is Cc1noc(C)c1CC(=O)N1CCN(C(=O)COc2ccc(C(F)(F)F)cc2)CC1. The molecule has 2 heterocycles. The smallest absolute Gasteiger partial charge is 0.416 e. The van der Waals surface area contributed by atoms with E-state index in [4.69, 9.17) is 9.26 Å². The highest BCUT2D eigenvalue weighted by Gasteiger charge is 2.30. The van der Waals surface area contributed by atoms with Crippen molar-refractivity contribution in [2.24, 2.45) is 0 Å². The fourth-order valence-corrected chi connectivity index (χ4v) is 3.20. The number of hydrogen-bond acceptors (Lipinski definition) is 5. The second-order valence-electron chi connectivity index (χ2n) is 7.05. The number of ether oxygens (including phenoxy) is 1. The van der Waals surface area contributed by atoms with Gasteiger partial charge in [-0.25, -0.2) is 0 Å². The Morgan fingerprint density at radius 3 is 2.10 bits per heavy atom. The first kappa shape index (κ1) is 21.7. The van der Waals surface area contributed by atoms with E-state index < -0.39 is 11.7 Å². The second kappa shape index (κ2) is 8.76. The average molecular weight is 425 g/mol. The molecule has 7 nitrogen and oxygen atoms in total. The minimum absolute atomic E-state index is 0.0579. The lowest BCUT2D eigenvalue weighted by Gasteiger charge is -2.34. The van der Waals surface area contributed by atoms with Crippen molar-refractivity contribution in [1.29, 1.82) is 0 Å². The average Bonchev–Trinajstić information content (AvgIpc) is 3.03. The van der Waals surface area contributed by atoms with E-state index in [1.54, 1.807) is 23.6 Å². The fourth-order valence-electron chi connectivity index (χ4n) is 3.20. The van der Waals surface area contributed by atoms with E-state index in [1.165, 1.54) is 12.1 Å². The van der Waals surface area contributed by atoms with Crippen molar-refractivity contribution in [3.63, 3.8) is 0 Å². The number of aromatic nitrogens is 1. The molecule has 0 saturated carbocycles. The minimum atomic E-state index is -4.42. The summed E-state index contributed by atoms with van der Waals surface area (Å²) in [7, 11) is 0. The van der Waals surface area contributed by atoms with Crippen LogP contribution in [0.4, 0.5) is 13.2 Å². The van der Waals surface area contributed by atoms with Crippen LogP contribution in [0.2, 0.25) is 0 Å². The van der Waals surface area contributed by atoms with Crippen LogP contribution in [0, 0.1) is 13.8 Å². The maximum atomic E-state index is 12.6. The van der Waals surface area contributed by atoms with Crippen molar-refractivity contribution in [1.82, 2.24) is 15.0 Å². The first-order chi connectivity index (χ1) is 14.1. The molecule has 0 radical (unpaired) electrons. The molecule has 1 aromatic heterocycles. The van der Waals surface area contributed by atoms with Gasteiger partial charge in [-0.2, -0.15) is 13.2 Å². The quantitative estimate of drug-likeness (QED) is 0.736. The van der Waals surface area contributed by atoms with Gasteiger partial charge >= 0.3 is 6.18 Å². The molecule has 2 aromatic rings. The topological polar surface area (TPSA) is 75.9 Å². The molecule has 1 aliphatic heterocycles. The lowest BCUT2D eigenvalue weighted by atomic mass is 10.1. The van der Waals surface area contributed by atoms with Crippen LogP contribution in [0.1, 0.15) is 22.6 Å². The Labute approximate surface area is 171 Å². The van der Waals surface area contributed by atoms with E-state index in [0.717, 1.165) is 17.7 Å². The predicted octanol–water partition coefficient (Wildman–Crippen LogP) is 2.60. The molecule has 1 aliphatic rings. The molecule has 0 unspecified atom stereocenters. The van der Waals surface area contributed by atoms with E-state index in [9.17, 15) is 22.8 Å². The van der Waals surface area contributed by atoms with Gasteiger partial charge in [0.2, 0.25) is 5.91 Å². The van der Waals surface area contributed by atoms with Crippen molar-refractivity contribution < 1.29 is 32.0 Å². The number of carbonyl (C=O) groups excluding carboxylic acids is 2. The van der Waals surface area contributed by atoms with Gasteiger partial charge < -0.3 is 19.1 Å². The third-order valence-electron chi connectivity index (χ3n) is 5.04. The molecule has 1 saturated heterocycles. The molecule has 1 aromatic carbocycles. The number of piperazine rings is 1. The molecule has 162 valence electrons.